The van der Waals surface area contributed by atoms with E-state index < -0.39 is 35.2 Å². The molecule has 0 unspecified atom stereocenters. The quantitative estimate of drug-likeness (QED) is 0.105. The van der Waals surface area contributed by atoms with Gasteiger partial charge in [0.25, 0.3) is 5.96 Å². The van der Waals surface area contributed by atoms with E-state index in [-0.39, 0.29) is 31.5 Å². The highest BCUT2D eigenvalue weighted by molar-refractivity contribution is 5.89. The van der Waals surface area contributed by atoms with Gasteiger partial charge in [-0.15, -0.1) is 0 Å². The number of alkyl halides is 3. The summed E-state index contributed by atoms with van der Waals surface area (Å²) in [5, 5.41) is 23.4. The van der Waals surface area contributed by atoms with Crippen LogP contribution in [0.3, 0.4) is 0 Å². The summed E-state index contributed by atoms with van der Waals surface area (Å²) >= 11 is 0. The van der Waals surface area contributed by atoms with Crippen LogP contribution < -0.4 is 16.1 Å². The van der Waals surface area contributed by atoms with Crippen LogP contribution >= 0.6 is 0 Å². The molecule has 2 aliphatic rings. The molecule has 1 aromatic heterocycles. The molecule has 1 fully saturated rings. The van der Waals surface area contributed by atoms with Crippen LogP contribution in [-0.4, -0.2) is 57.8 Å². The Kier molecular flexibility index (Phi) is 7.62. The van der Waals surface area contributed by atoms with Crippen LogP contribution in [0.5, 0.6) is 0 Å². The topological polar surface area (TPSA) is 128 Å². The molecule has 0 saturated carbocycles. The first-order valence-corrected chi connectivity index (χ1v) is 12.4. The number of nitrogens with zero attached hydrogens (tertiary/aromatic N) is 3. The number of hydrogen-bond donors (Lipinski definition) is 4. The molecule has 1 aliphatic carbocycles. The number of guanidine groups is 1. The smallest absolute Gasteiger partial charge is 0.353 e. The fourth-order valence-corrected chi connectivity index (χ4v) is 5.84. The van der Waals surface area contributed by atoms with Gasteiger partial charge in [-0.1, -0.05) is 24.5 Å². The van der Waals surface area contributed by atoms with Crippen LogP contribution in [0, 0.1) is 21.4 Å². The van der Waals surface area contributed by atoms with Crippen molar-refractivity contribution < 1.29 is 23.0 Å². The molecule has 1 aromatic carbocycles. The van der Waals surface area contributed by atoms with Gasteiger partial charge in [0.05, 0.1) is 5.92 Å². The Bertz CT molecular complexity index is 1180. The van der Waals surface area contributed by atoms with Crippen molar-refractivity contribution in [3.8, 4) is 0 Å². The number of carbonyl (C=O) groups excluding carboxylic acids is 1. The first-order chi connectivity index (χ1) is 17.5. The third-order valence-electron chi connectivity index (χ3n) is 7.54. The lowest BCUT2D eigenvalue weighted by Crippen LogP contribution is -2.58. The zero-order valence-electron chi connectivity index (χ0n) is 20.8. The van der Waals surface area contributed by atoms with Gasteiger partial charge in [-0.05, 0) is 49.3 Å². The summed E-state index contributed by atoms with van der Waals surface area (Å²) in [6.07, 6.45) is -0.382. The minimum atomic E-state index is -4.56. The van der Waals surface area contributed by atoms with Gasteiger partial charge in [-0.3, -0.25) is 10.2 Å². The minimum Gasteiger partial charge on any atom is -0.353 e. The largest absolute Gasteiger partial charge is 0.460 e. The van der Waals surface area contributed by atoms with E-state index in [9.17, 15) is 28.1 Å². The molecular formula is C24H32F3N7O3. The maximum atomic E-state index is 14.2. The summed E-state index contributed by atoms with van der Waals surface area (Å²) in [5.74, 6) is -2.04. The zero-order chi connectivity index (χ0) is 26.9. The van der Waals surface area contributed by atoms with Crippen LogP contribution in [0.25, 0.3) is 10.9 Å². The van der Waals surface area contributed by atoms with Crippen molar-refractivity contribution in [2.75, 3.05) is 13.1 Å². The molecule has 4 rings (SSSR count). The molecule has 0 radical (unpaired) electrons. The summed E-state index contributed by atoms with van der Waals surface area (Å²) in [7, 11) is 1.89. The number of benzene rings is 1. The predicted molar refractivity (Wildman–Crippen MR) is 131 cm³/mol. The summed E-state index contributed by atoms with van der Waals surface area (Å²) in [6.45, 7) is 1.78. The molecule has 13 heteroatoms. The SMILES string of the molecule is CC[C@H](CCCNC(=N)N[N+](=O)[O-])NC(=O)[C@@H]1C[C@@H]2c3cccc4c3c(cn4C)C[C@H]2N(C(F)(F)F)C1. The van der Waals surface area contributed by atoms with Gasteiger partial charge in [-0.2, -0.15) is 13.2 Å². The van der Waals surface area contributed by atoms with E-state index in [0.29, 0.717) is 30.6 Å². The van der Waals surface area contributed by atoms with Crippen molar-refractivity contribution >= 4 is 22.8 Å². The highest BCUT2D eigenvalue weighted by Crippen LogP contribution is 2.47. The lowest BCUT2D eigenvalue weighted by atomic mass is 9.72. The second-order valence-corrected chi connectivity index (χ2v) is 9.86. The van der Waals surface area contributed by atoms with E-state index in [4.69, 9.17) is 5.41 Å². The second-order valence-electron chi connectivity index (χ2n) is 9.86. The lowest BCUT2D eigenvalue weighted by Gasteiger charge is -2.47. The third kappa shape index (κ3) is 5.65. The number of rotatable bonds is 8. The van der Waals surface area contributed by atoms with Gasteiger partial charge in [0, 0.05) is 55.2 Å². The summed E-state index contributed by atoms with van der Waals surface area (Å²) in [5.41, 5.74) is 4.47. The van der Waals surface area contributed by atoms with Gasteiger partial charge in [0.1, 0.15) is 0 Å². The van der Waals surface area contributed by atoms with Gasteiger partial charge in [0.2, 0.25) is 5.91 Å². The molecule has 37 heavy (non-hydrogen) atoms. The van der Waals surface area contributed by atoms with Crippen molar-refractivity contribution in [2.45, 2.75) is 63.3 Å². The molecule has 1 saturated heterocycles. The van der Waals surface area contributed by atoms with Crippen LogP contribution in [-0.2, 0) is 18.3 Å². The Hall–Kier alpha value is -3.35. The number of aromatic nitrogens is 1. The van der Waals surface area contributed by atoms with Gasteiger partial charge < -0.3 is 15.2 Å². The molecule has 202 valence electrons. The van der Waals surface area contributed by atoms with Gasteiger partial charge >= 0.3 is 6.30 Å². The minimum absolute atomic E-state index is 0.250. The Balaban J connectivity index is 1.46. The van der Waals surface area contributed by atoms with Crippen molar-refractivity contribution in [1.29, 1.82) is 5.41 Å². The monoisotopic (exact) mass is 523 g/mol. The standard InChI is InChI=1S/C24H32F3N7O3/c1-3-16(6-5-9-29-23(28)31-34(36)37)30-22(35)15-10-18-17-7-4-8-19-21(17)14(12-32(19)2)11-20(18)33(13-15)24(25,26)27/h4,7-8,12,15-16,18,20H,3,5-6,9-11,13H2,1-2H3,(H,30,35)(H3,28,29,31)/t15-,16-,18-,20-/m1/s1. The molecule has 4 N–H and O–H groups in total. The van der Waals surface area contributed by atoms with E-state index in [1.165, 1.54) is 0 Å². The summed E-state index contributed by atoms with van der Waals surface area (Å²) in [4.78, 5) is 24.1. The zero-order valence-corrected chi connectivity index (χ0v) is 20.8. The molecule has 4 atom stereocenters. The fraction of sp³-hybridized carbons (Fsp3) is 0.583. The summed E-state index contributed by atoms with van der Waals surface area (Å²) in [6, 6.07) is 4.73. The van der Waals surface area contributed by atoms with Crippen molar-refractivity contribution in [3.05, 3.63) is 45.6 Å². The molecule has 10 nitrogen and oxygen atoms in total. The number of fused-ring (bicyclic) bond motifs is 2. The van der Waals surface area contributed by atoms with E-state index in [1.54, 1.807) is 5.43 Å². The van der Waals surface area contributed by atoms with Gasteiger partial charge in [-0.25, -0.2) is 15.0 Å². The number of piperidine rings is 1. The number of hydrazine groups is 1. The van der Waals surface area contributed by atoms with Crippen LogP contribution in [0.2, 0.25) is 0 Å². The van der Waals surface area contributed by atoms with Crippen LogP contribution in [0.1, 0.15) is 49.7 Å². The van der Waals surface area contributed by atoms with Crippen molar-refractivity contribution in [3.63, 3.8) is 0 Å². The predicted octanol–water partition coefficient (Wildman–Crippen LogP) is 3.01. The van der Waals surface area contributed by atoms with E-state index in [0.717, 1.165) is 22.0 Å². The molecule has 0 spiro atoms. The molecular weight excluding hydrogens is 491 g/mol. The van der Waals surface area contributed by atoms with Gasteiger partial charge in [0.15, 0.2) is 5.03 Å². The van der Waals surface area contributed by atoms with Crippen LogP contribution in [0.15, 0.2) is 24.4 Å². The average Bonchev–Trinajstić information content (AvgIpc) is 3.15. The number of carbonyl (C=O) groups is 1. The third-order valence-corrected chi connectivity index (χ3v) is 7.54. The molecule has 1 aliphatic heterocycles. The summed E-state index contributed by atoms with van der Waals surface area (Å²) < 4.78 is 44.6. The maximum absolute atomic E-state index is 14.2. The molecule has 0 bridgehead atoms. The fourth-order valence-electron chi connectivity index (χ4n) is 5.84. The van der Waals surface area contributed by atoms with Crippen molar-refractivity contribution in [1.82, 2.24) is 25.5 Å². The molecule has 1 amide bonds. The lowest BCUT2D eigenvalue weighted by molar-refractivity contribution is -0.525. The number of nitro groups is 1. The number of hydrogen-bond acceptors (Lipinski definition) is 5. The Morgan fingerprint density at radius 3 is 2.78 bits per heavy atom. The first kappa shape index (κ1) is 26.7. The normalized spacial score (nSPS) is 22.2. The van der Waals surface area contributed by atoms with E-state index >= 15 is 0 Å². The second kappa shape index (κ2) is 10.6. The first-order valence-electron chi connectivity index (χ1n) is 12.4. The number of nitrogens with one attached hydrogen (secondary N) is 4. The Labute approximate surface area is 212 Å². The highest BCUT2D eigenvalue weighted by Gasteiger charge is 2.52. The number of halogens is 3. The maximum Gasteiger partial charge on any atom is 0.460 e. The molecule has 2 heterocycles. The number of aryl methyl sites for hydroxylation is 1. The molecule has 2 aromatic rings. The van der Waals surface area contributed by atoms with Crippen LogP contribution in [0.4, 0.5) is 13.2 Å². The number of likely N-dealkylation sites (tertiary alicyclic amines) is 1. The van der Waals surface area contributed by atoms with E-state index in [1.807, 2.05) is 42.9 Å². The van der Waals surface area contributed by atoms with Crippen molar-refractivity contribution in [2.24, 2.45) is 13.0 Å². The Morgan fingerprint density at radius 2 is 2.11 bits per heavy atom. The number of amides is 1. The Morgan fingerprint density at radius 1 is 1.35 bits per heavy atom. The average molecular weight is 524 g/mol. The highest BCUT2D eigenvalue weighted by atomic mass is 19.4. The van der Waals surface area contributed by atoms with E-state index in [2.05, 4.69) is 10.6 Å².